The molecule has 0 aliphatic rings. The van der Waals surface area contributed by atoms with Gasteiger partial charge in [-0.3, -0.25) is 4.79 Å². The fraction of sp³-hybridized carbons (Fsp3) is 0.357. The lowest BCUT2D eigenvalue weighted by Crippen LogP contribution is -2.33. The Bertz CT molecular complexity index is 1220. The van der Waals surface area contributed by atoms with Crippen LogP contribution in [-0.2, 0) is 11.3 Å². The van der Waals surface area contributed by atoms with E-state index in [-0.39, 0.29) is 17.9 Å². The highest BCUT2D eigenvalue weighted by Crippen LogP contribution is 2.26. The Balaban J connectivity index is 1.48. The molecule has 1 aromatic heterocycles. The number of amides is 1. The highest BCUT2D eigenvalue weighted by Gasteiger charge is 2.21. The molecule has 4 aromatic rings. The van der Waals surface area contributed by atoms with Gasteiger partial charge in [-0.05, 0) is 49.8 Å². The molecule has 1 unspecified atom stereocenters. The van der Waals surface area contributed by atoms with Crippen molar-refractivity contribution < 1.29 is 9.53 Å². The zero-order valence-electron chi connectivity index (χ0n) is 19.8. The molecule has 0 bridgehead atoms. The summed E-state index contributed by atoms with van der Waals surface area (Å²) in [5.74, 6) is 1.94. The third-order valence-corrected chi connectivity index (χ3v) is 6.32. The van der Waals surface area contributed by atoms with E-state index in [2.05, 4.69) is 48.0 Å². The van der Waals surface area contributed by atoms with Gasteiger partial charge in [-0.1, -0.05) is 62.4 Å². The quantitative estimate of drug-likeness (QED) is 0.294. The second-order valence-electron chi connectivity index (χ2n) is 8.53. The van der Waals surface area contributed by atoms with Crippen molar-refractivity contribution in [2.75, 3.05) is 6.61 Å². The van der Waals surface area contributed by atoms with Crippen molar-refractivity contribution in [1.29, 1.82) is 0 Å². The van der Waals surface area contributed by atoms with Gasteiger partial charge in [-0.15, -0.1) is 0 Å². The molecule has 5 nitrogen and oxygen atoms in total. The number of fused-ring (bicyclic) bond motifs is 2. The van der Waals surface area contributed by atoms with Crippen LogP contribution in [0.3, 0.4) is 0 Å². The van der Waals surface area contributed by atoms with Crippen LogP contribution in [0.15, 0.2) is 66.7 Å². The van der Waals surface area contributed by atoms with Crippen LogP contribution in [0, 0.1) is 5.92 Å². The molecular weight excluding hydrogens is 410 g/mol. The molecule has 4 rings (SSSR count). The Hall–Kier alpha value is -3.34. The maximum absolute atomic E-state index is 12.7. The SMILES string of the molecule is CCC(CC)C(=O)NC(C)c1nc2ccccc2n1CCCOc1cccc2ccccc12. The fourth-order valence-electron chi connectivity index (χ4n) is 4.44. The molecule has 0 aliphatic carbocycles. The summed E-state index contributed by atoms with van der Waals surface area (Å²) in [5, 5.41) is 5.49. The summed E-state index contributed by atoms with van der Waals surface area (Å²) in [6.07, 6.45) is 2.53. The number of rotatable bonds is 10. The van der Waals surface area contributed by atoms with Gasteiger partial charge in [0, 0.05) is 17.8 Å². The predicted molar refractivity (Wildman–Crippen MR) is 134 cm³/mol. The van der Waals surface area contributed by atoms with Gasteiger partial charge >= 0.3 is 0 Å². The third-order valence-electron chi connectivity index (χ3n) is 6.32. The van der Waals surface area contributed by atoms with Gasteiger partial charge in [0.1, 0.15) is 11.6 Å². The number of aryl methyl sites for hydroxylation is 1. The Morgan fingerprint density at radius 2 is 1.73 bits per heavy atom. The van der Waals surface area contributed by atoms with Gasteiger partial charge < -0.3 is 14.6 Å². The second-order valence-corrected chi connectivity index (χ2v) is 8.53. The number of imidazole rings is 1. The standard InChI is InChI=1S/C28H33N3O2/c1-4-21(5-2)28(32)29-20(3)27-30-24-15-8-9-16-25(24)31(27)18-11-19-33-26-17-10-13-22-12-6-7-14-23(22)26/h6-10,12-17,20-21H,4-5,11,18-19H2,1-3H3,(H,29,32). The van der Waals surface area contributed by atoms with Crippen LogP contribution in [0.2, 0.25) is 0 Å². The first-order valence-electron chi connectivity index (χ1n) is 12.0. The predicted octanol–water partition coefficient (Wildman–Crippen LogP) is 6.27. The molecule has 0 aliphatic heterocycles. The highest BCUT2D eigenvalue weighted by molar-refractivity contribution is 5.88. The van der Waals surface area contributed by atoms with Crippen LogP contribution >= 0.6 is 0 Å². The Morgan fingerprint density at radius 3 is 2.55 bits per heavy atom. The summed E-state index contributed by atoms with van der Waals surface area (Å²) in [7, 11) is 0. The van der Waals surface area contributed by atoms with Crippen molar-refractivity contribution in [3.05, 3.63) is 72.6 Å². The van der Waals surface area contributed by atoms with E-state index in [1.54, 1.807) is 0 Å². The van der Waals surface area contributed by atoms with Crippen molar-refractivity contribution in [1.82, 2.24) is 14.9 Å². The largest absolute Gasteiger partial charge is 0.493 e. The number of benzene rings is 3. The lowest BCUT2D eigenvalue weighted by molar-refractivity contribution is -0.125. The minimum atomic E-state index is -0.163. The molecular formula is C28H33N3O2. The van der Waals surface area contributed by atoms with E-state index in [1.807, 2.05) is 49.4 Å². The minimum Gasteiger partial charge on any atom is -0.493 e. The number of ether oxygens (including phenoxy) is 1. The van der Waals surface area contributed by atoms with Gasteiger partial charge in [0.15, 0.2) is 0 Å². The topological polar surface area (TPSA) is 56.2 Å². The Morgan fingerprint density at radius 1 is 1.00 bits per heavy atom. The lowest BCUT2D eigenvalue weighted by Gasteiger charge is -2.19. The monoisotopic (exact) mass is 443 g/mol. The average molecular weight is 444 g/mol. The van der Waals surface area contributed by atoms with Crippen molar-refractivity contribution in [2.45, 2.75) is 52.6 Å². The third kappa shape index (κ3) is 5.03. The van der Waals surface area contributed by atoms with Crippen molar-refractivity contribution in [3.63, 3.8) is 0 Å². The maximum atomic E-state index is 12.7. The maximum Gasteiger partial charge on any atom is 0.223 e. The molecule has 1 atom stereocenters. The number of nitrogens with one attached hydrogen (secondary N) is 1. The van der Waals surface area contributed by atoms with Gasteiger partial charge in [-0.25, -0.2) is 4.98 Å². The summed E-state index contributed by atoms with van der Waals surface area (Å²) in [5.41, 5.74) is 2.03. The zero-order chi connectivity index (χ0) is 23.2. The summed E-state index contributed by atoms with van der Waals surface area (Å²) in [4.78, 5) is 17.5. The molecule has 33 heavy (non-hydrogen) atoms. The first-order valence-corrected chi connectivity index (χ1v) is 12.0. The van der Waals surface area contributed by atoms with Crippen LogP contribution in [0.1, 0.15) is 51.9 Å². The number of nitrogens with zero attached hydrogens (tertiary/aromatic N) is 2. The first kappa shape index (κ1) is 22.8. The number of para-hydroxylation sites is 2. The summed E-state index contributed by atoms with van der Waals surface area (Å²) in [6.45, 7) is 7.51. The average Bonchev–Trinajstić information content (AvgIpc) is 3.21. The summed E-state index contributed by atoms with van der Waals surface area (Å²) >= 11 is 0. The number of aromatic nitrogens is 2. The van der Waals surface area contributed by atoms with Crippen LogP contribution in [0.4, 0.5) is 0 Å². The molecule has 0 fully saturated rings. The van der Waals surface area contributed by atoms with Crippen LogP contribution in [0.5, 0.6) is 5.75 Å². The molecule has 0 saturated carbocycles. The van der Waals surface area contributed by atoms with E-state index in [9.17, 15) is 4.79 Å². The van der Waals surface area contributed by atoms with E-state index in [0.717, 1.165) is 53.8 Å². The van der Waals surface area contributed by atoms with E-state index in [0.29, 0.717) is 6.61 Å². The molecule has 1 heterocycles. The van der Waals surface area contributed by atoms with Crippen LogP contribution in [0.25, 0.3) is 21.8 Å². The van der Waals surface area contributed by atoms with Crippen LogP contribution in [-0.4, -0.2) is 22.1 Å². The Labute approximate surface area is 195 Å². The van der Waals surface area contributed by atoms with E-state index >= 15 is 0 Å². The van der Waals surface area contributed by atoms with Gasteiger partial charge in [0.25, 0.3) is 0 Å². The molecule has 3 aromatic carbocycles. The van der Waals surface area contributed by atoms with Gasteiger partial charge in [-0.2, -0.15) is 0 Å². The van der Waals surface area contributed by atoms with E-state index in [1.165, 1.54) is 5.39 Å². The molecule has 5 heteroatoms. The first-order chi connectivity index (χ1) is 16.1. The number of hydrogen-bond donors (Lipinski definition) is 1. The molecule has 0 radical (unpaired) electrons. The van der Waals surface area contributed by atoms with Gasteiger partial charge in [0.2, 0.25) is 5.91 Å². The van der Waals surface area contributed by atoms with Crippen molar-refractivity contribution in [3.8, 4) is 5.75 Å². The van der Waals surface area contributed by atoms with Crippen molar-refractivity contribution in [2.24, 2.45) is 5.92 Å². The van der Waals surface area contributed by atoms with Gasteiger partial charge in [0.05, 0.1) is 23.7 Å². The van der Waals surface area contributed by atoms with E-state index < -0.39 is 0 Å². The fourth-order valence-corrected chi connectivity index (χ4v) is 4.44. The van der Waals surface area contributed by atoms with E-state index in [4.69, 9.17) is 9.72 Å². The normalized spacial score (nSPS) is 12.4. The Kier molecular flexibility index (Phi) is 7.28. The zero-order valence-corrected chi connectivity index (χ0v) is 19.8. The number of hydrogen-bond acceptors (Lipinski definition) is 3. The number of carbonyl (C=O) groups excluding carboxylic acids is 1. The van der Waals surface area contributed by atoms with Crippen LogP contribution < -0.4 is 10.1 Å². The highest BCUT2D eigenvalue weighted by atomic mass is 16.5. The second kappa shape index (κ2) is 10.5. The molecule has 1 N–H and O–H groups in total. The number of carbonyl (C=O) groups is 1. The van der Waals surface area contributed by atoms with Crippen molar-refractivity contribution >= 4 is 27.7 Å². The molecule has 1 amide bonds. The summed E-state index contributed by atoms with van der Waals surface area (Å²) in [6, 6.07) is 22.4. The lowest BCUT2D eigenvalue weighted by atomic mass is 10.0. The molecule has 172 valence electrons. The smallest absolute Gasteiger partial charge is 0.223 e. The minimum absolute atomic E-state index is 0.0411. The molecule has 0 spiro atoms. The summed E-state index contributed by atoms with van der Waals surface area (Å²) < 4.78 is 8.37. The molecule has 0 saturated heterocycles.